The van der Waals surface area contributed by atoms with E-state index in [1.165, 1.54) is 0 Å². The van der Waals surface area contributed by atoms with Crippen LogP contribution in [0.25, 0.3) is 0 Å². The quantitative estimate of drug-likeness (QED) is 0.806. The summed E-state index contributed by atoms with van der Waals surface area (Å²) in [5.41, 5.74) is 2.79. The van der Waals surface area contributed by atoms with Gasteiger partial charge in [0.25, 0.3) is 5.91 Å². The first kappa shape index (κ1) is 15.6. The topological polar surface area (TPSA) is 29.1 Å². The van der Waals surface area contributed by atoms with Gasteiger partial charge in [0, 0.05) is 11.4 Å². The fourth-order valence-electron chi connectivity index (χ4n) is 2.27. The zero-order valence-electron chi connectivity index (χ0n) is 12.3. The Morgan fingerprint density at radius 1 is 1.05 bits per heavy atom. The highest BCUT2D eigenvalue weighted by molar-refractivity contribution is 6.17. The molecule has 110 valence electrons. The van der Waals surface area contributed by atoms with Gasteiger partial charge in [-0.2, -0.15) is 0 Å². The number of carbonyl (C=O) groups excluding carboxylic acids is 1. The van der Waals surface area contributed by atoms with Crippen LogP contribution in [-0.2, 0) is 5.88 Å². The molecule has 0 saturated carbocycles. The molecule has 1 amide bonds. The molecule has 0 radical (unpaired) electrons. The van der Waals surface area contributed by atoms with Gasteiger partial charge in [0.2, 0.25) is 0 Å². The summed E-state index contributed by atoms with van der Waals surface area (Å²) < 4.78 is 0. The van der Waals surface area contributed by atoms with Crippen molar-refractivity contribution in [2.24, 2.45) is 5.92 Å². The molecule has 0 spiro atoms. The summed E-state index contributed by atoms with van der Waals surface area (Å²) in [6, 6.07) is 17.5. The summed E-state index contributed by atoms with van der Waals surface area (Å²) in [6.07, 6.45) is 0. The van der Waals surface area contributed by atoms with Crippen LogP contribution in [0.1, 0.15) is 41.4 Å². The summed E-state index contributed by atoms with van der Waals surface area (Å²) in [4.78, 5) is 12.4. The Balaban J connectivity index is 2.15. The Bertz CT molecular complexity index is 578. The van der Waals surface area contributed by atoms with E-state index < -0.39 is 0 Å². The van der Waals surface area contributed by atoms with Gasteiger partial charge < -0.3 is 5.32 Å². The Kier molecular flexibility index (Phi) is 5.40. The Labute approximate surface area is 131 Å². The average molecular weight is 302 g/mol. The number of hydrogen-bond donors (Lipinski definition) is 1. The number of hydrogen-bond acceptors (Lipinski definition) is 1. The maximum atomic E-state index is 12.4. The van der Waals surface area contributed by atoms with Gasteiger partial charge in [-0.1, -0.05) is 56.3 Å². The van der Waals surface area contributed by atoms with Crippen molar-refractivity contribution in [3.63, 3.8) is 0 Å². The van der Waals surface area contributed by atoms with Gasteiger partial charge in [0.15, 0.2) is 0 Å². The minimum absolute atomic E-state index is 0.00593. The molecule has 0 saturated heterocycles. The number of amides is 1. The second-order valence-corrected chi connectivity index (χ2v) is 5.70. The molecule has 2 rings (SSSR count). The lowest BCUT2D eigenvalue weighted by atomic mass is 9.95. The van der Waals surface area contributed by atoms with E-state index >= 15 is 0 Å². The number of rotatable bonds is 5. The molecule has 3 heteroatoms. The monoisotopic (exact) mass is 301 g/mol. The first-order valence-corrected chi connectivity index (χ1v) is 7.66. The minimum atomic E-state index is -0.0568. The van der Waals surface area contributed by atoms with Crippen LogP contribution in [0.3, 0.4) is 0 Å². The van der Waals surface area contributed by atoms with E-state index in [9.17, 15) is 4.79 Å². The van der Waals surface area contributed by atoms with Crippen molar-refractivity contribution in [3.8, 4) is 0 Å². The van der Waals surface area contributed by atoms with Gasteiger partial charge in [-0.15, -0.1) is 11.6 Å². The maximum Gasteiger partial charge on any atom is 0.251 e. The van der Waals surface area contributed by atoms with E-state index in [1.807, 2.05) is 54.6 Å². The lowest BCUT2D eigenvalue weighted by molar-refractivity contribution is 0.0925. The summed E-state index contributed by atoms with van der Waals surface area (Å²) in [6.45, 7) is 4.21. The van der Waals surface area contributed by atoms with Gasteiger partial charge in [0.1, 0.15) is 0 Å². The van der Waals surface area contributed by atoms with Crippen LogP contribution in [-0.4, -0.2) is 5.91 Å². The largest absolute Gasteiger partial charge is 0.345 e. The molecule has 1 atom stereocenters. The molecule has 0 aliphatic rings. The Morgan fingerprint density at radius 2 is 1.67 bits per heavy atom. The van der Waals surface area contributed by atoms with E-state index in [-0.39, 0.29) is 11.9 Å². The van der Waals surface area contributed by atoms with Crippen molar-refractivity contribution in [1.82, 2.24) is 5.32 Å². The molecule has 0 bridgehead atoms. The van der Waals surface area contributed by atoms with Crippen molar-refractivity contribution in [2.75, 3.05) is 0 Å². The number of nitrogens with one attached hydrogen (secondary N) is 1. The second kappa shape index (κ2) is 7.28. The Morgan fingerprint density at radius 3 is 2.19 bits per heavy atom. The molecule has 0 aliphatic carbocycles. The van der Waals surface area contributed by atoms with Gasteiger partial charge in [0.05, 0.1) is 6.04 Å². The highest BCUT2D eigenvalue weighted by atomic mass is 35.5. The lowest BCUT2D eigenvalue weighted by Gasteiger charge is -2.23. The van der Waals surface area contributed by atoms with Gasteiger partial charge in [-0.25, -0.2) is 0 Å². The smallest absolute Gasteiger partial charge is 0.251 e. The number of benzene rings is 2. The molecule has 2 nitrogen and oxygen atoms in total. The van der Waals surface area contributed by atoms with Crippen LogP contribution in [0.15, 0.2) is 54.6 Å². The molecule has 2 aromatic rings. The number of alkyl halides is 1. The van der Waals surface area contributed by atoms with Crippen molar-refractivity contribution < 1.29 is 4.79 Å². The third kappa shape index (κ3) is 4.08. The summed E-state index contributed by atoms with van der Waals surface area (Å²) >= 11 is 5.76. The summed E-state index contributed by atoms with van der Waals surface area (Å²) in [7, 11) is 0. The zero-order valence-corrected chi connectivity index (χ0v) is 13.1. The number of carbonyl (C=O) groups is 1. The van der Waals surface area contributed by atoms with E-state index in [4.69, 9.17) is 11.6 Å². The van der Waals surface area contributed by atoms with Crippen LogP contribution in [0.5, 0.6) is 0 Å². The van der Waals surface area contributed by atoms with Crippen LogP contribution < -0.4 is 5.32 Å². The summed E-state index contributed by atoms with van der Waals surface area (Å²) in [5, 5.41) is 3.11. The average Bonchev–Trinajstić information content (AvgIpc) is 2.53. The zero-order chi connectivity index (χ0) is 15.2. The van der Waals surface area contributed by atoms with Gasteiger partial charge in [-0.05, 0) is 29.2 Å². The fourth-order valence-corrected chi connectivity index (χ4v) is 2.44. The molecule has 21 heavy (non-hydrogen) atoms. The molecule has 1 N–H and O–H groups in total. The predicted octanol–water partition coefficient (Wildman–Crippen LogP) is 4.55. The van der Waals surface area contributed by atoms with Crippen LogP contribution in [0, 0.1) is 5.92 Å². The van der Waals surface area contributed by atoms with E-state index in [1.54, 1.807) is 0 Å². The van der Waals surface area contributed by atoms with Crippen molar-refractivity contribution >= 4 is 17.5 Å². The van der Waals surface area contributed by atoms with Crippen LogP contribution >= 0.6 is 11.6 Å². The van der Waals surface area contributed by atoms with Gasteiger partial charge in [-0.3, -0.25) is 4.79 Å². The maximum absolute atomic E-state index is 12.4. The minimum Gasteiger partial charge on any atom is -0.345 e. The third-order valence-corrected chi connectivity index (χ3v) is 3.79. The highest BCUT2D eigenvalue weighted by Gasteiger charge is 2.18. The molecular weight excluding hydrogens is 282 g/mol. The Hall–Kier alpha value is -1.80. The van der Waals surface area contributed by atoms with Crippen molar-refractivity contribution in [2.45, 2.75) is 25.8 Å². The molecule has 2 aromatic carbocycles. The molecule has 0 aromatic heterocycles. The third-order valence-electron chi connectivity index (χ3n) is 3.48. The SMILES string of the molecule is CC(C)C(NC(=O)c1ccc(CCl)cc1)c1ccccc1. The molecule has 0 fully saturated rings. The standard InChI is InChI=1S/C18H20ClNO/c1-13(2)17(15-6-4-3-5-7-15)20-18(21)16-10-8-14(12-19)9-11-16/h3-11,13,17H,12H2,1-2H3,(H,20,21). The van der Waals surface area contributed by atoms with Crippen molar-refractivity contribution in [1.29, 1.82) is 0 Å². The molecular formula is C18H20ClNO. The van der Waals surface area contributed by atoms with Crippen molar-refractivity contribution in [3.05, 3.63) is 71.3 Å². The lowest BCUT2D eigenvalue weighted by Crippen LogP contribution is -2.31. The van der Waals surface area contributed by atoms with E-state index in [0.717, 1.165) is 11.1 Å². The fraction of sp³-hybridized carbons (Fsp3) is 0.278. The van der Waals surface area contributed by atoms with Crippen LogP contribution in [0.2, 0.25) is 0 Å². The van der Waals surface area contributed by atoms with E-state index in [0.29, 0.717) is 17.4 Å². The summed E-state index contributed by atoms with van der Waals surface area (Å²) in [5.74, 6) is 0.720. The number of halogens is 1. The predicted molar refractivity (Wildman–Crippen MR) is 87.5 cm³/mol. The van der Waals surface area contributed by atoms with E-state index in [2.05, 4.69) is 19.2 Å². The first-order chi connectivity index (χ1) is 10.1. The molecule has 1 unspecified atom stereocenters. The first-order valence-electron chi connectivity index (χ1n) is 7.12. The normalized spacial score (nSPS) is 12.2. The van der Waals surface area contributed by atoms with Crippen LogP contribution in [0.4, 0.5) is 0 Å². The van der Waals surface area contributed by atoms with Gasteiger partial charge >= 0.3 is 0 Å². The molecule has 0 aliphatic heterocycles. The molecule has 0 heterocycles. The second-order valence-electron chi connectivity index (χ2n) is 5.44. The highest BCUT2D eigenvalue weighted by Crippen LogP contribution is 2.22.